The average molecular weight is 269 g/mol. The third-order valence-corrected chi connectivity index (χ3v) is 5.06. The molecule has 0 heterocycles. The average Bonchev–Trinajstić information content (AvgIpc) is 2.31. The Labute approximate surface area is 111 Å². The van der Waals surface area contributed by atoms with Crippen molar-refractivity contribution in [2.75, 3.05) is 12.3 Å². The first-order valence-corrected chi connectivity index (χ1v) is 8.09. The molecule has 1 atom stereocenters. The summed E-state index contributed by atoms with van der Waals surface area (Å²) in [6.45, 7) is 8.71. The predicted molar refractivity (Wildman–Crippen MR) is 75.7 cm³/mol. The Kier molecular flexibility index (Phi) is 5.35. The minimum atomic E-state index is -3.20. The molecule has 102 valence electrons. The van der Waals surface area contributed by atoms with Crippen molar-refractivity contribution in [1.82, 2.24) is 5.32 Å². The minimum absolute atomic E-state index is 0.0293. The summed E-state index contributed by atoms with van der Waals surface area (Å²) in [6, 6.07) is 5.37. The van der Waals surface area contributed by atoms with E-state index in [1.807, 2.05) is 33.8 Å². The molecule has 0 radical (unpaired) electrons. The van der Waals surface area contributed by atoms with Gasteiger partial charge in [-0.1, -0.05) is 19.9 Å². The molecular formula is C14H23NO2S. The van der Waals surface area contributed by atoms with Gasteiger partial charge in [0, 0.05) is 6.04 Å². The zero-order valence-electron chi connectivity index (χ0n) is 11.7. The zero-order chi connectivity index (χ0) is 13.8. The lowest BCUT2D eigenvalue weighted by Crippen LogP contribution is -2.35. The number of benzene rings is 1. The molecule has 1 aromatic carbocycles. The highest BCUT2D eigenvalue weighted by atomic mass is 32.2. The number of sulfone groups is 1. The third-order valence-electron chi connectivity index (χ3n) is 3.24. The summed E-state index contributed by atoms with van der Waals surface area (Å²) in [5.74, 6) is 0.167. The van der Waals surface area contributed by atoms with Crippen LogP contribution in [0.25, 0.3) is 0 Å². The van der Waals surface area contributed by atoms with Crippen molar-refractivity contribution in [2.45, 2.75) is 45.1 Å². The van der Waals surface area contributed by atoms with Gasteiger partial charge in [0.2, 0.25) is 0 Å². The monoisotopic (exact) mass is 269 g/mol. The van der Waals surface area contributed by atoms with Crippen LogP contribution in [0.3, 0.4) is 0 Å². The second kappa shape index (κ2) is 6.34. The normalized spacial score (nSPS) is 13.6. The summed E-state index contributed by atoms with van der Waals surface area (Å²) in [6.07, 6.45) is 0.817. The van der Waals surface area contributed by atoms with E-state index in [1.54, 1.807) is 12.1 Å². The summed E-state index contributed by atoms with van der Waals surface area (Å²) in [5.41, 5.74) is 2.14. The second-order valence-electron chi connectivity index (χ2n) is 4.69. The lowest BCUT2D eigenvalue weighted by molar-refractivity contribution is 0.533. The predicted octanol–water partition coefficient (Wildman–Crippen LogP) is 2.47. The van der Waals surface area contributed by atoms with Gasteiger partial charge in [-0.3, -0.25) is 0 Å². The molecule has 4 heteroatoms. The van der Waals surface area contributed by atoms with Crippen molar-refractivity contribution in [3.63, 3.8) is 0 Å². The molecule has 0 aliphatic heterocycles. The summed E-state index contributed by atoms with van der Waals surface area (Å²) < 4.78 is 24.6. The molecule has 1 N–H and O–H groups in total. The summed E-state index contributed by atoms with van der Waals surface area (Å²) in [5, 5.41) is 3.20. The molecule has 0 aromatic heterocycles. The molecule has 0 amide bonds. The van der Waals surface area contributed by atoms with E-state index < -0.39 is 9.84 Å². The van der Waals surface area contributed by atoms with Gasteiger partial charge in [-0.25, -0.2) is 8.42 Å². The van der Waals surface area contributed by atoms with E-state index in [1.165, 1.54) is 0 Å². The smallest absolute Gasteiger partial charge is 0.179 e. The van der Waals surface area contributed by atoms with E-state index in [0.717, 1.165) is 24.1 Å². The maximum atomic E-state index is 12.3. The quantitative estimate of drug-likeness (QED) is 0.863. The first-order valence-electron chi connectivity index (χ1n) is 6.44. The van der Waals surface area contributed by atoms with Crippen LogP contribution in [0.4, 0.5) is 0 Å². The van der Waals surface area contributed by atoms with E-state index in [-0.39, 0.29) is 11.8 Å². The minimum Gasteiger partial charge on any atom is -0.313 e. The molecule has 0 bridgehead atoms. The summed E-state index contributed by atoms with van der Waals surface area (Å²) >= 11 is 0. The first-order chi connectivity index (χ1) is 8.40. The number of hydrogen-bond acceptors (Lipinski definition) is 3. The van der Waals surface area contributed by atoms with Gasteiger partial charge in [0.05, 0.1) is 10.6 Å². The first kappa shape index (κ1) is 15.2. The zero-order valence-corrected chi connectivity index (χ0v) is 12.5. The topological polar surface area (TPSA) is 46.2 Å². The Morgan fingerprint density at radius 1 is 1.17 bits per heavy atom. The van der Waals surface area contributed by atoms with Crippen molar-refractivity contribution < 1.29 is 8.42 Å². The van der Waals surface area contributed by atoms with Crippen molar-refractivity contribution in [3.05, 3.63) is 29.3 Å². The third kappa shape index (κ3) is 3.82. The fourth-order valence-electron chi connectivity index (χ4n) is 1.88. The van der Waals surface area contributed by atoms with Crippen molar-refractivity contribution in [1.29, 1.82) is 0 Å². The Morgan fingerprint density at radius 3 is 2.33 bits per heavy atom. The molecule has 1 aromatic rings. The molecular weight excluding hydrogens is 246 g/mol. The Hall–Kier alpha value is -0.870. The summed E-state index contributed by atoms with van der Waals surface area (Å²) in [4.78, 5) is 0.432. The van der Waals surface area contributed by atoms with Crippen molar-refractivity contribution in [2.24, 2.45) is 0 Å². The van der Waals surface area contributed by atoms with Gasteiger partial charge in [0.25, 0.3) is 0 Å². The Bertz CT molecular complexity index is 495. The number of nitrogens with one attached hydrogen (secondary N) is 1. The standard InChI is InChI=1S/C14H23NO2S/c1-5-13(15-6-2)10-18(16,17)14-8-7-11(3)12(4)9-14/h7-9,13,15H,5-6,10H2,1-4H3. The van der Waals surface area contributed by atoms with Crippen LogP contribution in [0, 0.1) is 13.8 Å². The molecule has 0 spiro atoms. The molecule has 0 aliphatic rings. The number of rotatable bonds is 6. The van der Waals surface area contributed by atoms with Gasteiger partial charge >= 0.3 is 0 Å². The largest absolute Gasteiger partial charge is 0.313 e. The van der Waals surface area contributed by atoms with Crippen LogP contribution in [-0.4, -0.2) is 26.8 Å². The van der Waals surface area contributed by atoms with E-state index in [4.69, 9.17) is 0 Å². The highest BCUT2D eigenvalue weighted by molar-refractivity contribution is 7.91. The van der Waals surface area contributed by atoms with Gasteiger partial charge in [-0.05, 0) is 50.1 Å². The van der Waals surface area contributed by atoms with Crippen LogP contribution in [0.2, 0.25) is 0 Å². The second-order valence-corrected chi connectivity index (χ2v) is 6.72. The van der Waals surface area contributed by atoms with E-state index in [0.29, 0.717) is 4.90 Å². The molecule has 0 saturated heterocycles. The van der Waals surface area contributed by atoms with Gasteiger partial charge in [0.15, 0.2) is 9.84 Å². The Balaban J connectivity index is 2.95. The van der Waals surface area contributed by atoms with Crippen molar-refractivity contribution >= 4 is 9.84 Å². The molecule has 0 aliphatic carbocycles. The fourth-order valence-corrected chi connectivity index (χ4v) is 3.59. The molecule has 3 nitrogen and oxygen atoms in total. The van der Waals surface area contributed by atoms with Gasteiger partial charge in [0.1, 0.15) is 0 Å². The van der Waals surface area contributed by atoms with Gasteiger partial charge < -0.3 is 5.32 Å². The molecule has 1 rings (SSSR count). The van der Waals surface area contributed by atoms with Crippen LogP contribution >= 0.6 is 0 Å². The molecule has 0 saturated carbocycles. The van der Waals surface area contributed by atoms with Crippen LogP contribution in [0.5, 0.6) is 0 Å². The number of hydrogen-bond donors (Lipinski definition) is 1. The van der Waals surface area contributed by atoms with E-state index in [2.05, 4.69) is 5.32 Å². The van der Waals surface area contributed by atoms with Gasteiger partial charge in [-0.2, -0.15) is 0 Å². The van der Waals surface area contributed by atoms with Crippen LogP contribution in [0.15, 0.2) is 23.1 Å². The fraction of sp³-hybridized carbons (Fsp3) is 0.571. The molecule has 18 heavy (non-hydrogen) atoms. The SMILES string of the molecule is CCNC(CC)CS(=O)(=O)c1ccc(C)c(C)c1. The maximum Gasteiger partial charge on any atom is 0.179 e. The van der Waals surface area contributed by atoms with Crippen LogP contribution in [0.1, 0.15) is 31.4 Å². The van der Waals surface area contributed by atoms with E-state index in [9.17, 15) is 8.42 Å². The van der Waals surface area contributed by atoms with Gasteiger partial charge in [-0.15, -0.1) is 0 Å². The lowest BCUT2D eigenvalue weighted by atomic mass is 10.1. The maximum absolute atomic E-state index is 12.3. The molecule has 0 fully saturated rings. The highest BCUT2D eigenvalue weighted by Crippen LogP contribution is 2.17. The lowest BCUT2D eigenvalue weighted by Gasteiger charge is -2.16. The van der Waals surface area contributed by atoms with Crippen molar-refractivity contribution in [3.8, 4) is 0 Å². The highest BCUT2D eigenvalue weighted by Gasteiger charge is 2.19. The van der Waals surface area contributed by atoms with Crippen LogP contribution in [-0.2, 0) is 9.84 Å². The van der Waals surface area contributed by atoms with E-state index >= 15 is 0 Å². The molecule has 1 unspecified atom stereocenters. The number of aryl methyl sites for hydroxylation is 2. The Morgan fingerprint density at radius 2 is 1.83 bits per heavy atom. The van der Waals surface area contributed by atoms with Crippen LogP contribution < -0.4 is 5.32 Å². The summed E-state index contributed by atoms with van der Waals surface area (Å²) in [7, 11) is -3.20.